The zero-order chi connectivity index (χ0) is 10.0. The van der Waals surface area contributed by atoms with E-state index in [0.717, 1.165) is 0 Å². The first-order valence-corrected chi connectivity index (χ1v) is 4.79. The van der Waals surface area contributed by atoms with E-state index in [9.17, 15) is 8.76 Å². The van der Waals surface area contributed by atoms with Gasteiger partial charge in [-0.05, 0) is 18.0 Å². The van der Waals surface area contributed by atoms with E-state index in [1.165, 1.54) is 6.20 Å². The molecule has 1 rings (SSSR count). The number of hydrogen-bond donors (Lipinski definition) is 1. The van der Waals surface area contributed by atoms with Gasteiger partial charge in [0.1, 0.15) is 5.69 Å². The Kier molecular flexibility index (Phi) is 6.31. The van der Waals surface area contributed by atoms with Gasteiger partial charge in [-0.3, -0.25) is 9.19 Å². The van der Waals surface area contributed by atoms with E-state index >= 15 is 0 Å². The van der Waals surface area contributed by atoms with Crippen LogP contribution in [0.5, 0.6) is 0 Å². The molecule has 0 aliphatic carbocycles. The van der Waals surface area contributed by atoms with Crippen LogP contribution in [0.15, 0.2) is 6.20 Å². The predicted molar refractivity (Wildman–Crippen MR) is 45.7 cm³/mol. The van der Waals surface area contributed by atoms with Crippen molar-refractivity contribution in [1.82, 2.24) is 9.97 Å². The van der Waals surface area contributed by atoms with Crippen molar-refractivity contribution in [1.29, 1.82) is 0 Å². The summed E-state index contributed by atoms with van der Waals surface area (Å²) in [6, 6.07) is 0. The van der Waals surface area contributed by atoms with Crippen molar-refractivity contribution in [2.45, 2.75) is 12.4 Å². The van der Waals surface area contributed by atoms with Crippen molar-refractivity contribution in [3.63, 3.8) is 0 Å². The molecule has 1 N–H and O–H groups in total. The molecule has 0 radical (unpaired) electrons. The summed E-state index contributed by atoms with van der Waals surface area (Å²) in [4.78, 5) is 7.41. The molecule has 1 aromatic rings. The largest absolute Gasteiger partial charge is 1.00 e. The van der Waals surface area contributed by atoms with Gasteiger partial charge < -0.3 is 9.66 Å². The summed E-state index contributed by atoms with van der Waals surface area (Å²) in [5.74, 6) is 0. The maximum Gasteiger partial charge on any atom is 1.00 e. The van der Waals surface area contributed by atoms with Crippen molar-refractivity contribution in [2.24, 2.45) is 0 Å². The molecule has 8 heteroatoms. The molecule has 0 aromatic carbocycles. The summed E-state index contributed by atoms with van der Waals surface area (Å²) >= 11 is 2.90. The molecule has 0 bridgehead atoms. The summed E-state index contributed by atoms with van der Waals surface area (Å²) in [5, 5.41) is 8.97. The Bertz CT molecular complexity index is 352. The molecule has 0 fully saturated rings. The molecule has 14 heavy (non-hydrogen) atoms. The van der Waals surface area contributed by atoms with Crippen molar-refractivity contribution in [3.05, 3.63) is 22.7 Å². The van der Waals surface area contributed by atoms with Crippen LogP contribution in [0.1, 0.15) is 16.8 Å². The van der Waals surface area contributed by atoms with E-state index in [1.54, 1.807) is 6.92 Å². The zero-order valence-corrected chi connectivity index (χ0v) is 11.2. The van der Waals surface area contributed by atoms with E-state index in [1.807, 2.05) is 0 Å². The first-order valence-electron chi connectivity index (χ1n) is 3.27. The maximum absolute atomic E-state index is 10.4. The molecule has 72 valence electrons. The Morgan fingerprint density at radius 2 is 2.29 bits per heavy atom. The molecule has 1 heterocycles. The predicted octanol–water partition coefficient (Wildman–Crippen LogP) is -2.69. The second-order valence-corrected chi connectivity index (χ2v) is 3.63. The fourth-order valence-corrected chi connectivity index (χ4v) is 1.42. The quantitative estimate of drug-likeness (QED) is 0.452. The summed E-state index contributed by atoms with van der Waals surface area (Å²) in [6.45, 7) is 1.66. The van der Waals surface area contributed by atoms with Crippen LogP contribution < -0.4 is 29.6 Å². The number of rotatable bonds is 2. The smallest absolute Gasteiger partial charge is 0.770 e. The van der Waals surface area contributed by atoms with Crippen LogP contribution >= 0.6 is 11.6 Å². The summed E-state index contributed by atoms with van der Waals surface area (Å²) in [5.41, 5.74) is -1.32. The van der Waals surface area contributed by atoms with Crippen LogP contribution in [0.2, 0.25) is 5.15 Å². The molecular weight excluding hydrogens is 239 g/mol. The fraction of sp³-hybridized carbons (Fsp3) is 0.333. The van der Waals surface area contributed by atoms with Crippen LogP contribution in [0, 0.1) is 6.92 Å². The Morgan fingerprint density at radius 3 is 2.71 bits per heavy atom. The standard InChI is InChI=1S/C6H7ClN2O3S.Na/c1-3-2-8-4(5(7)9-3)6(10)13(11)12;/h2,6,10H,1H3,(H,11,12);/q;+1/p-1. The zero-order valence-electron chi connectivity index (χ0n) is 7.60. The van der Waals surface area contributed by atoms with E-state index in [0.29, 0.717) is 5.69 Å². The Balaban J connectivity index is 0.00000169. The fourth-order valence-electron chi connectivity index (χ4n) is 0.714. The molecule has 5 nitrogen and oxygen atoms in total. The van der Waals surface area contributed by atoms with Gasteiger partial charge >= 0.3 is 29.6 Å². The molecule has 0 saturated carbocycles. The minimum atomic E-state index is -2.66. The van der Waals surface area contributed by atoms with Crippen molar-refractivity contribution >= 4 is 22.7 Å². The molecule has 0 aliphatic rings. The molecular formula is C6H6ClN2NaO3S. The summed E-state index contributed by atoms with van der Waals surface area (Å²) in [6.07, 6.45) is 1.33. The molecule has 2 atom stereocenters. The molecule has 1 aromatic heterocycles. The molecule has 2 unspecified atom stereocenters. The normalized spacial score (nSPS) is 14.3. The number of aromatic nitrogens is 2. The van der Waals surface area contributed by atoms with E-state index < -0.39 is 16.5 Å². The Hall–Kier alpha value is 0.440. The minimum absolute atomic E-state index is 0. The molecule has 0 spiro atoms. The van der Waals surface area contributed by atoms with Gasteiger partial charge in [0.05, 0.1) is 5.69 Å². The average Bonchev–Trinajstić information content (AvgIpc) is 2.03. The monoisotopic (exact) mass is 244 g/mol. The van der Waals surface area contributed by atoms with Crippen LogP contribution in [0.3, 0.4) is 0 Å². The third-order valence-corrected chi connectivity index (χ3v) is 2.16. The molecule has 0 amide bonds. The number of halogens is 1. The van der Waals surface area contributed by atoms with Gasteiger partial charge in [-0.25, -0.2) is 4.98 Å². The van der Waals surface area contributed by atoms with E-state index in [4.69, 9.17) is 16.7 Å². The Morgan fingerprint density at radius 1 is 1.71 bits per heavy atom. The van der Waals surface area contributed by atoms with Crippen LogP contribution in [-0.2, 0) is 11.1 Å². The minimum Gasteiger partial charge on any atom is -0.770 e. The average molecular weight is 245 g/mol. The second-order valence-electron chi connectivity index (χ2n) is 2.30. The van der Waals surface area contributed by atoms with Gasteiger partial charge in [0.2, 0.25) is 0 Å². The number of nitrogens with zero attached hydrogens (tertiary/aromatic N) is 2. The first kappa shape index (κ1) is 14.4. The number of aryl methyl sites for hydroxylation is 1. The number of aliphatic hydroxyl groups excluding tert-OH is 1. The van der Waals surface area contributed by atoms with E-state index in [2.05, 4.69) is 9.97 Å². The van der Waals surface area contributed by atoms with E-state index in [-0.39, 0.29) is 40.4 Å². The van der Waals surface area contributed by atoms with Gasteiger partial charge in [-0.1, -0.05) is 11.6 Å². The van der Waals surface area contributed by atoms with Crippen LogP contribution in [0.25, 0.3) is 0 Å². The van der Waals surface area contributed by atoms with Crippen LogP contribution in [0.4, 0.5) is 0 Å². The second kappa shape index (κ2) is 6.12. The van der Waals surface area contributed by atoms with Gasteiger partial charge in [0, 0.05) is 6.20 Å². The molecule has 0 saturated heterocycles. The van der Waals surface area contributed by atoms with Gasteiger partial charge in [-0.2, -0.15) is 0 Å². The van der Waals surface area contributed by atoms with Crippen molar-refractivity contribution < 1.29 is 43.4 Å². The number of aliphatic hydroxyl groups is 1. The SMILES string of the molecule is Cc1cnc(C(O)S(=O)[O-])c(Cl)n1.[Na+]. The summed E-state index contributed by atoms with van der Waals surface area (Å²) in [7, 11) is 0. The topological polar surface area (TPSA) is 86.1 Å². The third-order valence-electron chi connectivity index (χ3n) is 1.29. The first-order chi connectivity index (χ1) is 6.02. The maximum atomic E-state index is 10.4. The van der Waals surface area contributed by atoms with Gasteiger partial charge in [0.25, 0.3) is 0 Å². The van der Waals surface area contributed by atoms with Crippen molar-refractivity contribution in [2.75, 3.05) is 0 Å². The third kappa shape index (κ3) is 3.54. The summed E-state index contributed by atoms with van der Waals surface area (Å²) < 4.78 is 20.7. The Labute approximate surface area is 110 Å². The van der Waals surface area contributed by atoms with Gasteiger partial charge in [-0.15, -0.1) is 0 Å². The van der Waals surface area contributed by atoms with Gasteiger partial charge in [0.15, 0.2) is 10.6 Å². The number of hydrogen-bond acceptors (Lipinski definition) is 5. The molecule has 0 aliphatic heterocycles. The van der Waals surface area contributed by atoms with Crippen LogP contribution in [-0.4, -0.2) is 23.8 Å². The van der Waals surface area contributed by atoms with Crippen molar-refractivity contribution in [3.8, 4) is 0 Å².